The smallest absolute Gasteiger partial charge is 0.233 e. The number of rotatable bonds is 8. The average Bonchev–Trinajstić information content (AvgIpc) is 2.88. The van der Waals surface area contributed by atoms with Crippen LogP contribution in [-0.2, 0) is 16.0 Å². The maximum atomic E-state index is 11.6. The number of aryl methyl sites for hydroxylation is 1. The predicted molar refractivity (Wildman–Crippen MR) is 91.7 cm³/mol. The number of amides is 1. The molecule has 5 nitrogen and oxygen atoms in total. The fourth-order valence-corrected chi connectivity index (χ4v) is 2.42. The normalized spacial score (nSPS) is 10.5. The molecule has 3 N–H and O–H groups in total. The highest BCUT2D eigenvalue weighted by atomic mass is 35.5. The van der Waals surface area contributed by atoms with Gasteiger partial charge < -0.3 is 20.4 Å². The molecule has 0 saturated heterocycles. The number of ether oxygens (including phenoxy) is 1. The van der Waals surface area contributed by atoms with E-state index in [2.05, 4.69) is 34.7 Å². The van der Waals surface area contributed by atoms with Crippen molar-refractivity contribution >= 4 is 29.2 Å². The third-order valence-corrected chi connectivity index (χ3v) is 3.48. The lowest BCUT2D eigenvalue weighted by molar-refractivity contribution is -0.120. The van der Waals surface area contributed by atoms with Crippen molar-refractivity contribution in [1.29, 1.82) is 0 Å². The van der Waals surface area contributed by atoms with Crippen molar-refractivity contribution in [2.75, 3.05) is 33.4 Å². The zero-order valence-corrected chi connectivity index (χ0v) is 13.9. The Morgan fingerprint density at radius 3 is 2.91 bits per heavy atom. The summed E-state index contributed by atoms with van der Waals surface area (Å²) in [6.07, 6.45) is 2.86. The summed E-state index contributed by atoms with van der Waals surface area (Å²) in [5.41, 5.74) is 3.66. The van der Waals surface area contributed by atoms with Gasteiger partial charge >= 0.3 is 0 Å². The zero-order chi connectivity index (χ0) is 15.1. The highest BCUT2D eigenvalue weighted by molar-refractivity contribution is 5.86. The molecular weight excluding hydrogens is 302 g/mol. The second kappa shape index (κ2) is 9.46. The molecule has 0 aliphatic heterocycles. The molecule has 1 heterocycles. The predicted octanol–water partition coefficient (Wildman–Crippen LogP) is 1.79. The Morgan fingerprint density at radius 1 is 1.32 bits per heavy atom. The number of halogens is 1. The van der Waals surface area contributed by atoms with Crippen molar-refractivity contribution in [3.8, 4) is 0 Å². The molecule has 122 valence electrons. The van der Waals surface area contributed by atoms with Gasteiger partial charge in [-0.15, -0.1) is 12.4 Å². The molecule has 2 rings (SSSR count). The van der Waals surface area contributed by atoms with Gasteiger partial charge in [-0.2, -0.15) is 0 Å². The summed E-state index contributed by atoms with van der Waals surface area (Å²) in [4.78, 5) is 14.9. The first-order valence-electron chi connectivity index (χ1n) is 7.24. The summed E-state index contributed by atoms with van der Waals surface area (Å²) < 4.78 is 4.91. The Labute approximate surface area is 137 Å². The van der Waals surface area contributed by atoms with Crippen LogP contribution in [-0.4, -0.2) is 44.2 Å². The lowest BCUT2D eigenvalue weighted by Crippen LogP contribution is -2.36. The summed E-state index contributed by atoms with van der Waals surface area (Å²) in [6, 6.07) is 6.23. The minimum Gasteiger partial charge on any atom is -0.383 e. The number of carbonyl (C=O) groups excluding carboxylic acids is 1. The van der Waals surface area contributed by atoms with Crippen molar-refractivity contribution in [3.63, 3.8) is 0 Å². The molecular formula is C16H24ClN3O2. The number of hydrogen-bond acceptors (Lipinski definition) is 3. The monoisotopic (exact) mass is 325 g/mol. The zero-order valence-electron chi connectivity index (χ0n) is 13.1. The number of nitrogens with one attached hydrogen (secondary N) is 3. The van der Waals surface area contributed by atoms with E-state index in [1.807, 2.05) is 12.3 Å². The number of aromatic amines is 1. The van der Waals surface area contributed by atoms with Crippen LogP contribution in [0.15, 0.2) is 24.4 Å². The van der Waals surface area contributed by atoms with Crippen LogP contribution < -0.4 is 10.6 Å². The molecule has 0 aliphatic carbocycles. The van der Waals surface area contributed by atoms with Gasteiger partial charge in [0.25, 0.3) is 0 Å². The molecule has 1 aromatic heterocycles. The average molecular weight is 326 g/mol. The quantitative estimate of drug-likeness (QED) is 0.648. The van der Waals surface area contributed by atoms with Crippen LogP contribution in [0.1, 0.15) is 11.1 Å². The fourth-order valence-electron chi connectivity index (χ4n) is 2.42. The van der Waals surface area contributed by atoms with Crippen molar-refractivity contribution < 1.29 is 9.53 Å². The largest absolute Gasteiger partial charge is 0.383 e. The third kappa shape index (κ3) is 5.02. The number of H-pyrrole nitrogens is 1. The van der Waals surface area contributed by atoms with Crippen molar-refractivity contribution in [3.05, 3.63) is 35.5 Å². The van der Waals surface area contributed by atoms with E-state index in [-0.39, 0.29) is 18.3 Å². The number of fused-ring (bicyclic) bond motifs is 1. The minimum atomic E-state index is 0. The summed E-state index contributed by atoms with van der Waals surface area (Å²) in [5, 5.41) is 7.22. The second-order valence-corrected chi connectivity index (χ2v) is 5.08. The van der Waals surface area contributed by atoms with Crippen LogP contribution in [0, 0.1) is 6.92 Å². The summed E-state index contributed by atoms with van der Waals surface area (Å²) in [7, 11) is 1.64. The molecule has 0 saturated carbocycles. The van der Waals surface area contributed by atoms with Crippen LogP contribution in [0.3, 0.4) is 0 Å². The van der Waals surface area contributed by atoms with Gasteiger partial charge in [-0.3, -0.25) is 4.79 Å². The van der Waals surface area contributed by atoms with Crippen LogP contribution >= 0.6 is 12.4 Å². The number of carbonyl (C=O) groups is 1. The number of hydrogen-bond donors (Lipinski definition) is 3. The van der Waals surface area contributed by atoms with E-state index in [9.17, 15) is 4.79 Å². The molecule has 6 heteroatoms. The van der Waals surface area contributed by atoms with E-state index < -0.39 is 0 Å². The van der Waals surface area contributed by atoms with Gasteiger partial charge in [0.15, 0.2) is 0 Å². The number of methoxy groups -OCH3 is 1. The van der Waals surface area contributed by atoms with Gasteiger partial charge in [0.1, 0.15) is 0 Å². The molecule has 22 heavy (non-hydrogen) atoms. The van der Waals surface area contributed by atoms with Gasteiger partial charge in [0.05, 0.1) is 13.2 Å². The Kier molecular flexibility index (Phi) is 7.95. The van der Waals surface area contributed by atoms with Crippen LogP contribution in [0.2, 0.25) is 0 Å². The first kappa shape index (κ1) is 18.5. The molecule has 0 atom stereocenters. The van der Waals surface area contributed by atoms with E-state index >= 15 is 0 Å². The Bertz CT molecular complexity index is 598. The van der Waals surface area contributed by atoms with Crippen molar-refractivity contribution in [2.45, 2.75) is 13.3 Å². The molecule has 1 aromatic carbocycles. The van der Waals surface area contributed by atoms with Crippen LogP contribution in [0.4, 0.5) is 0 Å². The van der Waals surface area contributed by atoms with E-state index in [0.29, 0.717) is 26.2 Å². The first-order valence-corrected chi connectivity index (χ1v) is 7.24. The minimum absolute atomic E-state index is 0. The highest BCUT2D eigenvalue weighted by Crippen LogP contribution is 2.22. The van der Waals surface area contributed by atoms with Gasteiger partial charge in [0, 0.05) is 37.3 Å². The van der Waals surface area contributed by atoms with E-state index in [1.165, 1.54) is 16.5 Å². The Hall–Kier alpha value is -1.56. The lowest BCUT2D eigenvalue weighted by Gasteiger charge is -2.06. The lowest BCUT2D eigenvalue weighted by atomic mass is 10.1. The Morgan fingerprint density at radius 2 is 2.14 bits per heavy atom. The van der Waals surface area contributed by atoms with E-state index in [4.69, 9.17) is 4.74 Å². The van der Waals surface area contributed by atoms with Crippen molar-refractivity contribution in [2.24, 2.45) is 0 Å². The summed E-state index contributed by atoms with van der Waals surface area (Å²) >= 11 is 0. The van der Waals surface area contributed by atoms with Crippen LogP contribution in [0.5, 0.6) is 0 Å². The van der Waals surface area contributed by atoms with E-state index in [0.717, 1.165) is 11.9 Å². The molecule has 0 aliphatic rings. The number of benzene rings is 1. The van der Waals surface area contributed by atoms with Gasteiger partial charge in [-0.25, -0.2) is 0 Å². The van der Waals surface area contributed by atoms with Gasteiger partial charge in [-0.1, -0.05) is 12.1 Å². The maximum Gasteiger partial charge on any atom is 0.233 e. The molecule has 1 amide bonds. The molecule has 0 fully saturated rings. The molecule has 0 radical (unpaired) electrons. The summed E-state index contributed by atoms with van der Waals surface area (Å²) in [5.74, 6) is 0.0164. The highest BCUT2D eigenvalue weighted by Gasteiger charge is 2.06. The third-order valence-electron chi connectivity index (χ3n) is 3.48. The molecule has 2 aromatic rings. The van der Waals surface area contributed by atoms with Crippen molar-refractivity contribution in [1.82, 2.24) is 15.6 Å². The van der Waals surface area contributed by atoms with Gasteiger partial charge in [-0.05, 0) is 30.5 Å². The molecule has 0 unspecified atom stereocenters. The topological polar surface area (TPSA) is 66.2 Å². The Balaban J connectivity index is 0.00000242. The fraction of sp³-hybridized carbons (Fsp3) is 0.438. The SMILES string of the molecule is COCCNCC(=O)NCCc1c[nH]c2cccc(C)c12.Cl. The van der Waals surface area contributed by atoms with Gasteiger partial charge in [0.2, 0.25) is 5.91 Å². The second-order valence-electron chi connectivity index (χ2n) is 5.08. The van der Waals surface area contributed by atoms with E-state index in [1.54, 1.807) is 7.11 Å². The standard InChI is InChI=1S/C16H23N3O2.ClH/c1-12-4-3-5-14-16(12)13(10-19-14)6-7-18-15(20)11-17-8-9-21-2;/h3-5,10,17,19H,6-9,11H2,1-2H3,(H,18,20);1H. The molecule has 0 bridgehead atoms. The maximum absolute atomic E-state index is 11.6. The van der Waals surface area contributed by atoms with Crippen LogP contribution in [0.25, 0.3) is 10.9 Å². The molecule has 0 spiro atoms. The number of aromatic nitrogens is 1. The summed E-state index contributed by atoms with van der Waals surface area (Å²) in [6.45, 7) is 4.38. The first-order chi connectivity index (χ1) is 10.2.